The van der Waals surface area contributed by atoms with E-state index in [1.54, 1.807) is 6.26 Å². The SMILES string of the molecule is CC(C)c1ccccc1NC(=O)[C@H](C)Sc1nnc(NCc2ccco2)s1. The van der Waals surface area contributed by atoms with Crippen LogP contribution < -0.4 is 10.6 Å². The minimum absolute atomic E-state index is 0.0478. The number of hydrogen-bond acceptors (Lipinski definition) is 7. The summed E-state index contributed by atoms with van der Waals surface area (Å²) in [7, 11) is 0. The molecule has 0 unspecified atom stereocenters. The standard InChI is InChI=1S/C19H22N4O2S2/c1-12(2)15-8-4-5-9-16(15)21-17(24)13(3)26-19-23-22-18(27-19)20-11-14-7-6-10-25-14/h4-10,12-13H,11H2,1-3H3,(H,20,22)(H,21,24)/t13-/m0/s1. The molecule has 27 heavy (non-hydrogen) atoms. The Bertz CT molecular complexity index is 877. The first-order chi connectivity index (χ1) is 13.0. The molecule has 0 radical (unpaired) electrons. The molecule has 0 spiro atoms. The van der Waals surface area contributed by atoms with E-state index in [9.17, 15) is 4.79 Å². The number of carbonyl (C=O) groups is 1. The highest BCUT2D eigenvalue weighted by molar-refractivity contribution is 8.02. The smallest absolute Gasteiger partial charge is 0.237 e. The molecule has 0 aliphatic rings. The zero-order chi connectivity index (χ0) is 19.2. The summed E-state index contributed by atoms with van der Waals surface area (Å²) in [6.45, 7) is 6.65. The molecule has 0 bridgehead atoms. The molecule has 0 saturated carbocycles. The summed E-state index contributed by atoms with van der Waals surface area (Å²) in [6, 6.07) is 11.6. The zero-order valence-electron chi connectivity index (χ0n) is 15.4. The number of carbonyl (C=O) groups excluding carboxylic acids is 1. The summed E-state index contributed by atoms with van der Waals surface area (Å²) < 4.78 is 6.02. The van der Waals surface area contributed by atoms with Gasteiger partial charge in [0.15, 0.2) is 4.34 Å². The summed E-state index contributed by atoms with van der Waals surface area (Å²) in [5.41, 5.74) is 1.99. The quantitative estimate of drug-likeness (QED) is 0.517. The van der Waals surface area contributed by atoms with Crippen LogP contribution in [-0.4, -0.2) is 21.4 Å². The molecule has 0 fully saturated rings. The Morgan fingerprint density at radius 1 is 1.19 bits per heavy atom. The zero-order valence-corrected chi connectivity index (χ0v) is 17.1. The Kier molecular flexibility index (Phi) is 6.52. The molecule has 2 N–H and O–H groups in total. The van der Waals surface area contributed by atoms with E-state index in [1.165, 1.54) is 23.1 Å². The number of aromatic nitrogens is 2. The molecule has 2 aromatic heterocycles. The first kappa shape index (κ1) is 19.4. The normalized spacial score (nSPS) is 12.1. The molecule has 3 aromatic rings. The third-order valence-electron chi connectivity index (χ3n) is 3.89. The lowest BCUT2D eigenvalue weighted by molar-refractivity contribution is -0.115. The van der Waals surface area contributed by atoms with Crippen LogP contribution in [0.25, 0.3) is 0 Å². The van der Waals surface area contributed by atoms with Crippen LogP contribution in [0.3, 0.4) is 0 Å². The number of rotatable bonds is 8. The van der Waals surface area contributed by atoms with Gasteiger partial charge in [0.05, 0.1) is 18.1 Å². The molecule has 1 aromatic carbocycles. The number of hydrogen-bond donors (Lipinski definition) is 2. The van der Waals surface area contributed by atoms with E-state index in [2.05, 4.69) is 34.7 Å². The highest BCUT2D eigenvalue weighted by Crippen LogP contribution is 2.30. The van der Waals surface area contributed by atoms with E-state index in [0.29, 0.717) is 17.6 Å². The summed E-state index contributed by atoms with van der Waals surface area (Å²) in [5, 5.41) is 14.9. The number of furan rings is 1. The molecule has 0 saturated heterocycles. The average molecular weight is 403 g/mol. The Labute approximate surface area is 166 Å². The van der Waals surface area contributed by atoms with Crippen molar-refractivity contribution in [2.75, 3.05) is 10.6 Å². The van der Waals surface area contributed by atoms with Gasteiger partial charge in [-0.2, -0.15) is 0 Å². The van der Waals surface area contributed by atoms with E-state index in [-0.39, 0.29) is 11.2 Å². The highest BCUT2D eigenvalue weighted by Gasteiger charge is 2.19. The Morgan fingerprint density at radius 2 is 2.00 bits per heavy atom. The second-order valence-electron chi connectivity index (χ2n) is 6.30. The Hall–Kier alpha value is -2.32. The van der Waals surface area contributed by atoms with Crippen LogP contribution in [0.1, 0.15) is 38.0 Å². The number of nitrogens with zero attached hydrogens (tertiary/aromatic N) is 2. The molecule has 0 aliphatic carbocycles. The van der Waals surface area contributed by atoms with E-state index >= 15 is 0 Å². The molecule has 6 nitrogen and oxygen atoms in total. The summed E-state index contributed by atoms with van der Waals surface area (Å²) >= 11 is 2.82. The summed E-state index contributed by atoms with van der Waals surface area (Å²) in [5.74, 6) is 1.12. The minimum Gasteiger partial charge on any atom is -0.467 e. The van der Waals surface area contributed by atoms with Crippen molar-refractivity contribution in [3.05, 3.63) is 54.0 Å². The highest BCUT2D eigenvalue weighted by atomic mass is 32.2. The van der Waals surface area contributed by atoms with Gasteiger partial charge in [0.2, 0.25) is 11.0 Å². The maximum atomic E-state index is 12.6. The number of nitrogens with one attached hydrogen (secondary N) is 2. The van der Waals surface area contributed by atoms with Gasteiger partial charge >= 0.3 is 0 Å². The van der Waals surface area contributed by atoms with E-state index in [1.807, 2.05) is 43.3 Å². The third kappa shape index (κ3) is 5.33. The predicted molar refractivity (Wildman–Crippen MR) is 110 cm³/mol. The molecule has 142 valence electrons. The molecular weight excluding hydrogens is 380 g/mol. The lowest BCUT2D eigenvalue weighted by atomic mass is 10.0. The maximum Gasteiger partial charge on any atom is 0.237 e. The van der Waals surface area contributed by atoms with Gasteiger partial charge < -0.3 is 15.1 Å². The van der Waals surface area contributed by atoms with Crippen molar-refractivity contribution in [2.24, 2.45) is 0 Å². The van der Waals surface area contributed by atoms with Crippen molar-refractivity contribution in [3.63, 3.8) is 0 Å². The van der Waals surface area contributed by atoms with Crippen LogP contribution in [0.15, 0.2) is 51.4 Å². The lowest BCUT2D eigenvalue weighted by Crippen LogP contribution is -2.23. The summed E-state index contributed by atoms with van der Waals surface area (Å²) in [6.07, 6.45) is 1.64. The third-order valence-corrected chi connectivity index (χ3v) is 5.95. The van der Waals surface area contributed by atoms with E-state index in [0.717, 1.165) is 21.4 Å². The van der Waals surface area contributed by atoms with Crippen LogP contribution in [0, 0.1) is 0 Å². The molecule has 1 atom stereocenters. The van der Waals surface area contributed by atoms with Crippen molar-refractivity contribution in [2.45, 2.75) is 42.8 Å². The van der Waals surface area contributed by atoms with Crippen molar-refractivity contribution in [1.82, 2.24) is 10.2 Å². The lowest BCUT2D eigenvalue weighted by Gasteiger charge is -2.15. The van der Waals surface area contributed by atoms with Crippen LogP contribution >= 0.6 is 23.1 Å². The van der Waals surface area contributed by atoms with Crippen molar-refractivity contribution >= 4 is 39.8 Å². The van der Waals surface area contributed by atoms with Gasteiger partial charge in [-0.3, -0.25) is 4.79 Å². The fourth-order valence-corrected chi connectivity index (χ4v) is 4.35. The van der Waals surface area contributed by atoms with Crippen LogP contribution in [0.2, 0.25) is 0 Å². The van der Waals surface area contributed by atoms with Gasteiger partial charge in [0.1, 0.15) is 5.76 Å². The molecule has 3 rings (SSSR count). The second-order valence-corrected chi connectivity index (χ2v) is 8.86. The van der Waals surface area contributed by atoms with Crippen LogP contribution in [0.5, 0.6) is 0 Å². The van der Waals surface area contributed by atoms with Crippen LogP contribution in [-0.2, 0) is 11.3 Å². The largest absolute Gasteiger partial charge is 0.467 e. The topological polar surface area (TPSA) is 80.0 Å². The Morgan fingerprint density at radius 3 is 2.74 bits per heavy atom. The van der Waals surface area contributed by atoms with Gasteiger partial charge in [-0.05, 0) is 36.6 Å². The number of thioether (sulfide) groups is 1. The first-order valence-electron chi connectivity index (χ1n) is 8.69. The number of benzene rings is 1. The maximum absolute atomic E-state index is 12.6. The minimum atomic E-state index is -0.281. The molecular formula is C19H22N4O2S2. The fourth-order valence-electron chi connectivity index (χ4n) is 2.46. The van der Waals surface area contributed by atoms with Gasteiger partial charge in [0.25, 0.3) is 0 Å². The molecule has 0 aliphatic heterocycles. The number of amides is 1. The van der Waals surface area contributed by atoms with Crippen LogP contribution in [0.4, 0.5) is 10.8 Å². The monoisotopic (exact) mass is 402 g/mol. The predicted octanol–water partition coefficient (Wildman–Crippen LogP) is 4.99. The fraction of sp³-hybridized carbons (Fsp3) is 0.316. The number of para-hydroxylation sites is 1. The van der Waals surface area contributed by atoms with Gasteiger partial charge in [-0.25, -0.2) is 0 Å². The van der Waals surface area contributed by atoms with Crippen molar-refractivity contribution in [3.8, 4) is 0 Å². The first-order valence-corrected chi connectivity index (χ1v) is 10.4. The van der Waals surface area contributed by atoms with Crippen molar-refractivity contribution < 1.29 is 9.21 Å². The average Bonchev–Trinajstić information content (AvgIpc) is 3.32. The summed E-state index contributed by atoms with van der Waals surface area (Å²) in [4.78, 5) is 12.6. The van der Waals surface area contributed by atoms with E-state index in [4.69, 9.17) is 4.42 Å². The van der Waals surface area contributed by atoms with Crippen molar-refractivity contribution in [1.29, 1.82) is 0 Å². The van der Waals surface area contributed by atoms with Gasteiger partial charge in [-0.15, -0.1) is 10.2 Å². The van der Waals surface area contributed by atoms with Gasteiger partial charge in [0, 0.05) is 5.69 Å². The molecule has 1 amide bonds. The second kappa shape index (κ2) is 9.05. The number of anilines is 2. The van der Waals surface area contributed by atoms with E-state index < -0.39 is 0 Å². The molecule has 8 heteroatoms. The molecule has 2 heterocycles. The Balaban J connectivity index is 1.55. The van der Waals surface area contributed by atoms with Gasteiger partial charge in [-0.1, -0.05) is 55.1 Å².